The topological polar surface area (TPSA) is 110 Å². The highest BCUT2D eigenvalue weighted by atomic mass is 15.5. The fourth-order valence-corrected chi connectivity index (χ4v) is 4.32. The molecule has 140 valence electrons. The summed E-state index contributed by atoms with van der Waals surface area (Å²) in [7, 11) is 0. The molecule has 0 radical (unpaired) electrons. The van der Waals surface area contributed by atoms with Crippen LogP contribution in [0.15, 0.2) is 48.9 Å². The van der Waals surface area contributed by atoms with Crippen LogP contribution in [0.1, 0.15) is 31.5 Å². The van der Waals surface area contributed by atoms with Gasteiger partial charge in [0.05, 0.1) is 5.70 Å². The first-order chi connectivity index (χ1) is 13.1. The third-order valence-electron chi connectivity index (χ3n) is 5.86. The molecule has 1 aliphatic heterocycles. The van der Waals surface area contributed by atoms with Crippen molar-refractivity contribution < 1.29 is 0 Å². The van der Waals surface area contributed by atoms with Gasteiger partial charge in [0.1, 0.15) is 5.66 Å². The molecule has 5 rings (SSSR count). The number of imidazole rings is 1. The lowest BCUT2D eigenvalue weighted by molar-refractivity contribution is 0.239. The average Bonchev–Trinajstić information content (AvgIpc) is 3.30. The molecule has 2 aromatic heterocycles. The highest BCUT2D eigenvalue weighted by molar-refractivity contribution is 5.86. The van der Waals surface area contributed by atoms with E-state index >= 15 is 0 Å². The number of nitrogens with one attached hydrogen (secondary N) is 3. The van der Waals surface area contributed by atoms with Crippen molar-refractivity contribution in [2.75, 3.05) is 10.7 Å². The predicted molar refractivity (Wildman–Crippen MR) is 108 cm³/mol. The zero-order valence-electron chi connectivity index (χ0n) is 15.2. The Bertz CT molecular complexity index is 993. The van der Waals surface area contributed by atoms with Crippen LogP contribution < -0.4 is 22.2 Å². The van der Waals surface area contributed by atoms with Gasteiger partial charge in [-0.2, -0.15) is 0 Å². The molecule has 1 fully saturated rings. The monoisotopic (exact) mass is 363 g/mol. The van der Waals surface area contributed by atoms with E-state index in [4.69, 9.17) is 11.5 Å². The molecule has 1 aliphatic carbocycles. The van der Waals surface area contributed by atoms with E-state index in [1.807, 2.05) is 17.1 Å². The van der Waals surface area contributed by atoms with Crippen molar-refractivity contribution in [3.63, 3.8) is 0 Å². The van der Waals surface area contributed by atoms with Gasteiger partial charge in [0.25, 0.3) is 0 Å². The summed E-state index contributed by atoms with van der Waals surface area (Å²) in [6, 6.07) is 8.62. The van der Waals surface area contributed by atoms with Crippen LogP contribution in [0.5, 0.6) is 0 Å². The largest absolute Gasteiger partial charge is 0.361 e. The molecule has 1 aromatic carbocycles. The molecule has 0 saturated heterocycles. The number of nitrogens with two attached hydrogens (primary N) is 2. The van der Waals surface area contributed by atoms with E-state index in [9.17, 15) is 0 Å². The lowest BCUT2D eigenvalue weighted by Crippen LogP contribution is -2.58. The number of nitrogens with zero attached hydrogens (tertiary/aromatic N) is 2. The number of fused-ring (bicyclic) bond motifs is 2. The van der Waals surface area contributed by atoms with Crippen molar-refractivity contribution in [3.8, 4) is 0 Å². The van der Waals surface area contributed by atoms with E-state index in [1.165, 1.54) is 0 Å². The summed E-state index contributed by atoms with van der Waals surface area (Å²) in [5, 5.41) is 4.69. The smallest absolute Gasteiger partial charge is 0.174 e. The molecule has 7 N–H and O–H groups in total. The van der Waals surface area contributed by atoms with Gasteiger partial charge in [0.15, 0.2) is 5.82 Å². The maximum Gasteiger partial charge on any atom is 0.174 e. The van der Waals surface area contributed by atoms with Gasteiger partial charge in [-0.3, -0.25) is 0 Å². The van der Waals surface area contributed by atoms with Gasteiger partial charge < -0.3 is 27.2 Å². The molecule has 1 atom stereocenters. The van der Waals surface area contributed by atoms with Crippen LogP contribution in [0.2, 0.25) is 0 Å². The number of aromatic amines is 1. The summed E-state index contributed by atoms with van der Waals surface area (Å²) in [6.45, 7) is 0. The summed E-state index contributed by atoms with van der Waals surface area (Å²) < 4.78 is 1.92. The van der Waals surface area contributed by atoms with E-state index < -0.39 is 5.66 Å². The van der Waals surface area contributed by atoms with Gasteiger partial charge in [0, 0.05) is 47.1 Å². The number of H-pyrrole nitrogens is 1. The summed E-state index contributed by atoms with van der Waals surface area (Å²) in [5.41, 5.74) is 18.8. The molecule has 3 heterocycles. The molecule has 3 aromatic rings. The molecule has 2 aliphatic rings. The molecule has 0 amide bonds. The molecule has 7 heteroatoms. The first-order valence-corrected chi connectivity index (χ1v) is 9.54. The number of hydrogen-bond donors (Lipinski definition) is 5. The number of hydrogen-bond acceptors (Lipinski definition) is 5. The molecular formula is C20H25N7. The Hall–Kier alpha value is -2.77. The minimum Gasteiger partial charge on any atom is -0.361 e. The van der Waals surface area contributed by atoms with E-state index in [-0.39, 0.29) is 0 Å². The maximum absolute atomic E-state index is 6.85. The first-order valence-electron chi connectivity index (χ1n) is 9.54. The number of aromatic nitrogens is 3. The number of benzene rings is 1. The van der Waals surface area contributed by atoms with Gasteiger partial charge >= 0.3 is 0 Å². The van der Waals surface area contributed by atoms with Crippen molar-refractivity contribution in [3.05, 3.63) is 54.8 Å². The normalized spacial score (nSPS) is 27.7. The third-order valence-corrected chi connectivity index (χ3v) is 5.86. The number of anilines is 1. The minimum atomic E-state index is -0.631. The Morgan fingerprint density at radius 3 is 2.89 bits per heavy atom. The predicted octanol–water partition coefficient (Wildman–Crippen LogP) is 2.55. The maximum atomic E-state index is 6.85. The average molecular weight is 363 g/mol. The van der Waals surface area contributed by atoms with Crippen LogP contribution >= 0.6 is 0 Å². The second kappa shape index (κ2) is 6.14. The van der Waals surface area contributed by atoms with Gasteiger partial charge in [-0.1, -0.05) is 0 Å². The van der Waals surface area contributed by atoms with Crippen LogP contribution in [-0.4, -0.2) is 26.3 Å². The van der Waals surface area contributed by atoms with E-state index in [2.05, 4.69) is 51.1 Å². The molecule has 0 spiro atoms. The SMILES string of the molecule is NC1CCC(C2(N)C=C(Nc3ccc4[nH]ccc4c3)c3nccn3N2)CC1. The van der Waals surface area contributed by atoms with Crippen molar-refractivity contribution in [1.82, 2.24) is 14.6 Å². The lowest BCUT2D eigenvalue weighted by atomic mass is 9.78. The summed E-state index contributed by atoms with van der Waals surface area (Å²) in [6.07, 6.45) is 11.8. The minimum absolute atomic E-state index is 0.298. The number of rotatable bonds is 3. The third kappa shape index (κ3) is 2.89. The van der Waals surface area contributed by atoms with Crippen LogP contribution in [-0.2, 0) is 0 Å². The van der Waals surface area contributed by atoms with E-state index in [1.54, 1.807) is 6.20 Å². The summed E-state index contributed by atoms with van der Waals surface area (Å²) >= 11 is 0. The standard InChI is InChI=1S/C20H25N7/c21-15-3-1-14(2-4-15)20(22)12-18(19-24-9-10-27(19)26-20)25-16-5-6-17-13(11-16)7-8-23-17/h5-12,14-15,23,25-26H,1-4,21-22H2. The Labute approximate surface area is 157 Å². The van der Waals surface area contributed by atoms with E-state index in [0.717, 1.165) is 53.8 Å². The Morgan fingerprint density at radius 2 is 2.04 bits per heavy atom. The van der Waals surface area contributed by atoms with Crippen LogP contribution in [0, 0.1) is 5.92 Å². The highest BCUT2D eigenvalue weighted by Gasteiger charge is 2.39. The second-order valence-electron chi connectivity index (χ2n) is 7.74. The lowest BCUT2D eigenvalue weighted by Gasteiger charge is -2.42. The fraction of sp³-hybridized carbons (Fsp3) is 0.350. The van der Waals surface area contributed by atoms with Crippen LogP contribution in [0.25, 0.3) is 16.6 Å². The molecular weight excluding hydrogens is 338 g/mol. The van der Waals surface area contributed by atoms with Gasteiger partial charge in [-0.15, -0.1) is 0 Å². The molecule has 1 saturated carbocycles. The van der Waals surface area contributed by atoms with Crippen LogP contribution in [0.3, 0.4) is 0 Å². The Kier molecular flexibility index (Phi) is 3.73. The Morgan fingerprint density at radius 1 is 1.19 bits per heavy atom. The van der Waals surface area contributed by atoms with Gasteiger partial charge in [-0.05, 0) is 56.0 Å². The van der Waals surface area contributed by atoms with Gasteiger partial charge in [0.2, 0.25) is 0 Å². The first kappa shape index (κ1) is 16.4. The Balaban J connectivity index is 1.49. The molecule has 0 bridgehead atoms. The molecule has 1 unspecified atom stereocenters. The van der Waals surface area contributed by atoms with E-state index in [0.29, 0.717) is 12.0 Å². The van der Waals surface area contributed by atoms with Crippen molar-refractivity contribution in [2.24, 2.45) is 17.4 Å². The summed E-state index contributed by atoms with van der Waals surface area (Å²) in [5.74, 6) is 1.16. The molecule has 27 heavy (non-hydrogen) atoms. The fourth-order valence-electron chi connectivity index (χ4n) is 4.32. The van der Waals surface area contributed by atoms with Gasteiger partial charge in [-0.25, -0.2) is 9.66 Å². The van der Waals surface area contributed by atoms with Crippen molar-refractivity contribution in [2.45, 2.75) is 37.4 Å². The zero-order valence-corrected chi connectivity index (χ0v) is 15.2. The second-order valence-corrected chi connectivity index (χ2v) is 7.74. The summed E-state index contributed by atoms with van der Waals surface area (Å²) in [4.78, 5) is 7.72. The quantitative estimate of drug-likeness (QED) is 0.491. The molecule has 7 nitrogen and oxygen atoms in total. The van der Waals surface area contributed by atoms with Crippen molar-refractivity contribution >= 4 is 22.3 Å². The highest BCUT2D eigenvalue weighted by Crippen LogP contribution is 2.35. The zero-order chi connectivity index (χ0) is 18.4. The van der Waals surface area contributed by atoms with Crippen molar-refractivity contribution in [1.29, 1.82) is 0 Å². The van der Waals surface area contributed by atoms with Crippen LogP contribution in [0.4, 0.5) is 5.69 Å².